The zero-order valence-corrected chi connectivity index (χ0v) is 14.0. The van der Waals surface area contributed by atoms with Crippen LogP contribution in [0, 0.1) is 0 Å². The van der Waals surface area contributed by atoms with Gasteiger partial charge in [0.25, 0.3) is 5.56 Å². The summed E-state index contributed by atoms with van der Waals surface area (Å²) in [6.07, 6.45) is 2.39. The molecule has 1 aliphatic heterocycles. The lowest BCUT2D eigenvalue weighted by molar-refractivity contribution is 0.539. The number of para-hydroxylation sites is 1. The number of nitrogens with zero attached hydrogens (tertiary/aromatic N) is 2. The lowest BCUT2D eigenvalue weighted by Gasteiger charge is -2.17. The van der Waals surface area contributed by atoms with Crippen LogP contribution in [-0.2, 0) is 5.75 Å². The van der Waals surface area contributed by atoms with Crippen molar-refractivity contribution in [2.45, 2.75) is 18.6 Å². The fourth-order valence-electron chi connectivity index (χ4n) is 2.84. The molecule has 0 radical (unpaired) electrons. The molecule has 1 saturated heterocycles. The number of rotatable bonds is 2. The molecule has 7 heteroatoms. The van der Waals surface area contributed by atoms with Crippen LogP contribution in [0.4, 0.5) is 0 Å². The normalized spacial score (nSPS) is 14.9. The molecular formula is C16H15N3O2S2. The second-order valence-corrected chi connectivity index (χ2v) is 7.15. The quantitative estimate of drug-likeness (QED) is 0.719. The Morgan fingerprint density at radius 3 is 2.96 bits per heavy atom. The smallest absolute Gasteiger partial charge is 0.294 e. The molecule has 0 amide bonds. The van der Waals surface area contributed by atoms with Crippen molar-refractivity contribution in [1.82, 2.24) is 14.9 Å². The van der Waals surface area contributed by atoms with Crippen molar-refractivity contribution in [2.24, 2.45) is 0 Å². The van der Waals surface area contributed by atoms with Crippen molar-refractivity contribution in [3.05, 3.63) is 40.4 Å². The van der Waals surface area contributed by atoms with Crippen molar-refractivity contribution in [3.63, 3.8) is 0 Å². The van der Waals surface area contributed by atoms with Gasteiger partial charge in [-0.25, -0.2) is 4.98 Å². The van der Waals surface area contributed by atoms with E-state index < -0.39 is 0 Å². The Balaban J connectivity index is 1.64. The van der Waals surface area contributed by atoms with Gasteiger partial charge in [0.2, 0.25) is 5.58 Å². The van der Waals surface area contributed by atoms with Crippen molar-refractivity contribution >= 4 is 50.4 Å². The maximum atomic E-state index is 12.2. The average molecular weight is 345 g/mol. The van der Waals surface area contributed by atoms with Crippen LogP contribution in [-0.4, -0.2) is 32.3 Å². The van der Waals surface area contributed by atoms with E-state index >= 15 is 0 Å². The van der Waals surface area contributed by atoms with Gasteiger partial charge in [0.1, 0.15) is 21.2 Å². The van der Waals surface area contributed by atoms with Crippen LogP contribution < -0.4 is 5.56 Å². The predicted octanol–water partition coefficient (Wildman–Crippen LogP) is 3.28. The molecular weight excluding hydrogens is 330 g/mol. The van der Waals surface area contributed by atoms with E-state index in [-0.39, 0.29) is 11.1 Å². The number of thioether (sulfide) groups is 1. The second kappa shape index (κ2) is 5.98. The molecule has 3 heterocycles. The molecule has 0 aliphatic carbocycles. The monoisotopic (exact) mass is 345 g/mol. The molecule has 5 nitrogen and oxygen atoms in total. The van der Waals surface area contributed by atoms with E-state index in [1.54, 1.807) is 11.8 Å². The van der Waals surface area contributed by atoms with Crippen molar-refractivity contribution in [3.8, 4) is 0 Å². The first-order chi connectivity index (χ1) is 11.2. The molecule has 0 bridgehead atoms. The average Bonchev–Trinajstić information content (AvgIpc) is 3.21. The minimum atomic E-state index is -0.242. The Morgan fingerprint density at radius 1 is 1.35 bits per heavy atom. The molecule has 0 spiro atoms. The molecule has 0 saturated carbocycles. The minimum absolute atomic E-state index is 0.242. The largest absolute Gasteiger partial charge is 0.449 e. The Kier molecular flexibility index (Phi) is 3.82. The molecule has 2 aromatic heterocycles. The van der Waals surface area contributed by atoms with E-state index in [2.05, 4.69) is 14.9 Å². The fourth-order valence-corrected chi connectivity index (χ4v) is 3.96. The number of fused-ring (bicyclic) bond motifs is 3. The van der Waals surface area contributed by atoms with Crippen LogP contribution in [0.5, 0.6) is 0 Å². The molecule has 23 heavy (non-hydrogen) atoms. The van der Waals surface area contributed by atoms with Crippen LogP contribution in [0.1, 0.15) is 18.7 Å². The summed E-state index contributed by atoms with van der Waals surface area (Å²) in [5.74, 6) is 1.18. The van der Waals surface area contributed by atoms with Crippen LogP contribution in [0.3, 0.4) is 0 Å². The molecule has 3 aromatic rings. The molecule has 1 aliphatic rings. The summed E-state index contributed by atoms with van der Waals surface area (Å²) >= 11 is 7.00. The first kappa shape index (κ1) is 14.7. The number of furan rings is 1. The topological polar surface area (TPSA) is 62.1 Å². The van der Waals surface area contributed by atoms with Gasteiger partial charge in [-0.2, -0.15) is 0 Å². The van der Waals surface area contributed by atoms with Gasteiger partial charge < -0.3 is 14.3 Å². The number of hydrogen-bond donors (Lipinski definition) is 1. The highest BCUT2D eigenvalue weighted by atomic mass is 32.2. The first-order valence-corrected chi connectivity index (χ1v) is 8.94. The van der Waals surface area contributed by atoms with Gasteiger partial charge in [-0.3, -0.25) is 4.79 Å². The Bertz CT molecular complexity index is 941. The molecule has 4 rings (SSSR count). The van der Waals surface area contributed by atoms with Crippen molar-refractivity contribution in [1.29, 1.82) is 0 Å². The van der Waals surface area contributed by atoms with E-state index in [0.29, 0.717) is 22.7 Å². The fraction of sp³-hybridized carbons (Fsp3) is 0.312. The number of hydrogen-bond acceptors (Lipinski definition) is 5. The van der Waals surface area contributed by atoms with E-state index in [0.717, 1.165) is 22.8 Å². The zero-order chi connectivity index (χ0) is 15.8. The molecule has 1 N–H and O–H groups in total. The third kappa shape index (κ3) is 2.74. The van der Waals surface area contributed by atoms with Crippen LogP contribution in [0.2, 0.25) is 0 Å². The highest BCUT2D eigenvalue weighted by molar-refractivity contribution is 8.22. The van der Waals surface area contributed by atoms with Gasteiger partial charge in [0, 0.05) is 18.5 Å². The number of nitrogens with one attached hydrogen (secondary N) is 1. The molecule has 0 unspecified atom stereocenters. The van der Waals surface area contributed by atoms with Crippen LogP contribution in [0.15, 0.2) is 33.5 Å². The van der Waals surface area contributed by atoms with E-state index in [4.69, 9.17) is 16.6 Å². The third-order valence-electron chi connectivity index (χ3n) is 3.98. The number of benzene rings is 1. The predicted molar refractivity (Wildman–Crippen MR) is 96.8 cm³/mol. The summed E-state index contributed by atoms with van der Waals surface area (Å²) in [6, 6.07) is 7.55. The second-order valence-electron chi connectivity index (χ2n) is 5.54. The lowest BCUT2D eigenvalue weighted by atomic mass is 10.2. The van der Waals surface area contributed by atoms with Crippen molar-refractivity contribution in [2.75, 3.05) is 13.1 Å². The summed E-state index contributed by atoms with van der Waals surface area (Å²) < 4.78 is 6.48. The Labute approximate surface area is 142 Å². The van der Waals surface area contributed by atoms with Gasteiger partial charge >= 0.3 is 0 Å². The van der Waals surface area contributed by atoms with Gasteiger partial charge in [0.15, 0.2) is 0 Å². The Hall–Kier alpha value is -1.86. The summed E-state index contributed by atoms with van der Waals surface area (Å²) in [5.41, 5.74) is 1.33. The highest BCUT2D eigenvalue weighted by Gasteiger charge is 2.17. The van der Waals surface area contributed by atoms with Crippen LogP contribution in [0.25, 0.3) is 22.1 Å². The molecule has 0 atom stereocenters. The number of aromatic nitrogens is 2. The van der Waals surface area contributed by atoms with Gasteiger partial charge in [-0.15, -0.1) is 0 Å². The Morgan fingerprint density at radius 2 is 2.13 bits per heavy atom. The van der Waals surface area contributed by atoms with Crippen LogP contribution >= 0.6 is 24.0 Å². The molecule has 1 fully saturated rings. The lowest BCUT2D eigenvalue weighted by Crippen LogP contribution is -2.23. The van der Waals surface area contributed by atoms with E-state index in [9.17, 15) is 4.79 Å². The minimum Gasteiger partial charge on any atom is -0.449 e. The van der Waals surface area contributed by atoms with E-state index in [1.807, 2.05) is 24.3 Å². The highest BCUT2D eigenvalue weighted by Crippen LogP contribution is 2.25. The van der Waals surface area contributed by atoms with E-state index in [1.165, 1.54) is 12.8 Å². The number of thiocarbonyl (C=S) groups is 1. The standard InChI is InChI=1S/C16H15N3O2S2/c20-15-14-13(10-5-1-2-6-11(10)21-14)17-12(18-15)9-23-16(22)19-7-3-4-8-19/h1-2,5-6H,3-4,7-9H2,(H,17,18,20). The molecule has 1 aromatic carbocycles. The molecule has 118 valence electrons. The third-order valence-corrected chi connectivity index (χ3v) is 5.51. The number of H-pyrrole nitrogens is 1. The summed E-state index contributed by atoms with van der Waals surface area (Å²) in [6.45, 7) is 2.06. The number of aromatic amines is 1. The summed E-state index contributed by atoms with van der Waals surface area (Å²) in [7, 11) is 0. The van der Waals surface area contributed by atoms with Gasteiger partial charge in [-0.1, -0.05) is 36.1 Å². The van der Waals surface area contributed by atoms with Gasteiger partial charge in [0.05, 0.1) is 5.75 Å². The summed E-state index contributed by atoms with van der Waals surface area (Å²) in [5, 5.41) is 0.863. The maximum absolute atomic E-state index is 12.2. The van der Waals surface area contributed by atoms with Crippen molar-refractivity contribution < 1.29 is 4.42 Å². The SMILES string of the molecule is O=c1[nH]c(CSC(=S)N2CCCC2)nc2c1oc1ccccc12. The maximum Gasteiger partial charge on any atom is 0.294 e. The number of likely N-dealkylation sites (tertiary alicyclic amines) is 1. The van der Waals surface area contributed by atoms with Gasteiger partial charge in [-0.05, 0) is 25.0 Å². The zero-order valence-electron chi connectivity index (χ0n) is 12.4. The first-order valence-electron chi connectivity index (χ1n) is 7.54. The summed E-state index contributed by atoms with van der Waals surface area (Å²) in [4.78, 5) is 21.8.